The molecule has 0 aliphatic heterocycles. The first kappa shape index (κ1) is 19.2. The first-order chi connectivity index (χ1) is 8.00. The number of nitrogens with zero attached hydrogens (tertiary/aromatic N) is 2. The van der Waals surface area contributed by atoms with E-state index in [-0.39, 0.29) is 35.5 Å². The predicted molar refractivity (Wildman–Crippen MR) is 68.8 cm³/mol. The molecule has 1 heterocycles. The maximum Gasteiger partial charge on any atom is 0.360 e. The standard InChI is InChI=1S/C7H13N3O6P2.Na/c1-4-3-5(2)9-6(8-4)10-7(17(11,12)13)18(14,15)16;/h3,7H,1-2H3,(H,8,9,10)(H2,11,12,13)(H2,14,15,16);. The summed E-state index contributed by atoms with van der Waals surface area (Å²) in [6, 6.07) is 1.61. The van der Waals surface area contributed by atoms with Crippen LogP contribution >= 0.6 is 15.2 Å². The Morgan fingerprint density at radius 1 is 1.05 bits per heavy atom. The van der Waals surface area contributed by atoms with E-state index in [4.69, 9.17) is 19.6 Å². The van der Waals surface area contributed by atoms with Gasteiger partial charge in [-0.3, -0.25) is 9.13 Å². The third-order valence-corrected chi connectivity index (χ3v) is 5.22. The molecule has 0 saturated heterocycles. The summed E-state index contributed by atoms with van der Waals surface area (Å²) in [7, 11) is -10.1. The Balaban J connectivity index is 0.00000324. The van der Waals surface area contributed by atoms with Crippen molar-refractivity contribution in [3.05, 3.63) is 17.5 Å². The summed E-state index contributed by atoms with van der Waals surface area (Å²) in [6.45, 7) is 3.23. The first-order valence-electron chi connectivity index (χ1n) is 4.69. The van der Waals surface area contributed by atoms with E-state index >= 15 is 0 Å². The molecule has 0 aliphatic rings. The van der Waals surface area contributed by atoms with Crippen LogP contribution < -0.4 is 5.32 Å². The Bertz CT molecular complexity index is 501. The molecule has 19 heavy (non-hydrogen) atoms. The number of aromatic nitrogens is 2. The summed E-state index contributed by atoms with van der Waals surface area (Å²) in [5.41, 5.74) is -1.36. The topological polar surface area (TPSA) is 153 Å². The van der Waals surface area contributed by atoms with Gasteiger partial charge in [-0.05, 0) is 19.9 Å². The molecule has 1 radical (unpaired) electrons. The maximum atomic E-state index is 11.0. The largest absolute Gasteiger partial charge is 0.360 e. The number of nitrogens with one attached hydrogen (secondary N) is 1. The van der Waals surface area contributed by atoms with E-state index in [1.165, 1.54) is 0 Å². The average molecular weight is 320 g/mol. The molecule has 1 aromatic rings. The first-order valence-corrected chi connectivity index (χ1v) is 8.06. The normalized spacial score (nSPS) is 12.2. The molecular formula is C7H13N3NaO6P2. The molecule has 0 saturated carbocycles. The van der Waals surface area contributed by atoms with Crippen molar-refractivity contribution in [3.8, 4) is 0 Å². The molecule has 9 nitrogen and oxygen atoms in total. The van der Waals surface area contributed by atoms with Gasteiger partial charge in [0.2, 0.25) is 11.5 Å². The van der Waals surface area contributed by atoms with Gasteiger partial charge in [0.1, 0.15) is 0 Å². The van der Waals surface area contributed by atoms with Crippen LogP contribution in [0.2, 0.25) is 0 Å². The van der Waals surface area contributed by atoms with Crippen LogP contribution in [0.25, 0.3) is 0 Å². The van der Waals surface area contributed by atoms with E-state index in [1.807, 2.05) is 5.32 Å². The summed E-state index contributed by atoms with van der Waals surface area (Å²) in [5, 5.41) is 1.99. The van der Waals surface area contributed by atoms with Gasteiger partial charge in [-0.15, -0.1) is 0 Å². The second-order valence-electron chi connectivity index (χ2n) is 3.67. The molecule has 0 bridgehead atoms. The quantitative estimate of drug-likeness (QED) is 0.374. The minimum absolute atomic E-state index is 0. The van der Waals surface area contributed by atoms with Gasteiger partial charge in [0.05, 0.1) is 0 Å². The molecule has 5 N–H and O–H groups in total. The summed E-state index contributed by atoms with van der Waals surface area (Å²) in [4.78, 5) is 43.2. The summed E-state index contributed by atoms with van der Waals surface area (Å²) in [6.07, 6.45) is 0. The van der Waals surface area contributed by atoms with E-state index in [0.717, 1.165) is 0 Å². The van der Waals surface area contributed by atoms with Crippen molar-refractivity contribution in [2.24, 2.45) is 0 Å². The van der Waals surface area contributed by atoms with Gasteiger partial charge in [0, 0.05) is 40.9 Å². The maximum absolute atomic E-state index is 11.0. The van der Waals surface area contributed by atoms with Crippen LogP contribution in [0, 0.1) is 13.8 Å². The second-order valence-corrected chi connectivity index (χ2v) is 7.47. The van der Waals surface area contributed by atoms with Gasteiger partial charge in [0.25, 0.3) is 0 Å². The van der Waals surface area contributed by atoms with Crippen LogP contribution in [0.15, 0.2) is 6.07 Å². The zero-order chi connectivity index (χ0) is 14.1. The fourth-order valence-corrected chi connectivity index (χ4v) is 3.40. The molecule has 0 fully saturated rings. The minimum atomic E-state index is -5.05. The fourth-order valence-electron chi connectivity index (χ4n) is 1.27. The Kier molecular flexibility index (Phi) is 6.82. The predicted octanol–water partition coefficient (Wildman–Crippen LogP) is -0.236. The molecule has 0 spiro atoms. The van der Waals surface area contributed by atoms with Crippen molar-refractivity contribution in [2.45, 2.75) is 19.4 Å². The van der Waals surface area contributed by atoms with E-state index in [1.54, 1.807) is 19.9 Å². The van der Waals surface area contributed by atoms with Crippen LogP contribution in [0.4, 0.5) is 5.95 Å². The average Bonchev–Trinajstić information content (AvgIpc) is 2.08. The molecular weight excluding hydrogens is 307 g/mol. The minimum Gasteiger partial charge on any atom is -0.330 e. The molecule has 0 aliphatic carbocycles. The molecule has 12 heteroatoms. The second kappa shape index (κ2) is 6.76. The SMILES string of the molecule is Cc1cc(C)nc(NC(P(=O)(O)O)P(=O)(O)O)n1.[Na]. The van der Waals surface area contributed by atoms with Crippen molar-refractivity contribution in [3.63, 3.8) is 0 Å². The Morgan fingerprint density at radius 3 is 1.74 bits per heavy atom. The van der Waals surface area contributed by atoms with E-state index in [0.29, 0.717) is 11.4 Å². The monoisotopic (exact) mass is 320 g/mol. The number of hydrogen-bond donors (Lipinski definition) is 5. The van der Waals surface area contributed by atoms with Crippen molar-refractivity contribution >= 4 is 50.7 Å². The zero-order valence-electron chi connectivity index (χ0n) is 10.5. The van der Waals surface area contributed by atoms with Crippen molar-refractivity contribution in [1.82, 2.24) is 9.97 Å². The number of aryl methyl sites for hydroxylation is 2. The summed E-state index contributed by atoms with van der Waals surface area (Å²) < 4.78 is 22.1. The van der Waals surface area contributed by atoms with Crippen molar-refractivity contribution < 1.29 is 28.7 Å². The van der Waals surface area contributed by atoms with Crippen LogP contribution in [-0.2, 0) is 9.13 Å². The van der Waals surface area contributed by atoms with Crippen LogP contribution in [0.5, 0.6) is 0 Å². The Labute approximate surface area is 131 Å². The molecule has 1 rings (SSSR count). The van der Waals surface area contributed by atoms with Gasteiger partial charge >= 0.3 is 15.2 Å². The van der Waals surface area contributed by atoms with Gasteiger partial charge in [-0.1, -0.05) is 0 Å². The fraction of sp³-hybridized carbons (Fsp3) is 0.429. The van der Waals surface area contributed by atoms with Crippen LogP contribution in [-0.4, -0.2) is 64.6 Å². The van der Waals surface area contributed by atoms with Gasteiger partial charge < -0.3 is 24.9 Å². The molecule has 0 amide bonds. The molecule has 103 valence electrons. The van der Waals surface area contributed by atoms with Gasteiger partial charge in [0.15, 0.2) is 0 Å². The zero-order valence-corrected chi connectivity index (χ0v) is 14.3. The molecule has 0 atom stereocenters. The Morgan fingerprint density at radius 2 is 1.42 bits per heavy atom. The molecule has 1 aromatic heterocycles. The Hall–Kier alpha value is 0.180. The number of hydrogen-bond acceptors (Lipinski definition) is 5. The van der Waals surface area contributed by atoms with E-state index < -0.39 is 20.7 Å². The van der Waals surface area contributed by atoms with Crippen molar-refractivity contribution in [2.75, 3.05) is 5.32 Å². The molecule has 0 unspecified atom stereocenters. The third kappa shape index (κ3) is 5.99. The number of anilines is 1. The van der Waals surface area contributed by atoms with E-state index in [2.05, 4.69) is 9.97 Å². The summed E-state index contributed by atoms with van der Waals surface area (Å²) in [5.74, 6) is -0.246. The smallest absolute Gasteiger partial charge is 0.330 e. The summed E-state index contributed by atoms with van der Waals surface area (Å²) >= 11 is 0. The van der Waals surface area contributed by atoms with Crippen molar-refractivity contribution in [1.29, 1.82) is 0 Å². The number of rotatable bonds is 4. The van der Waals surface area contributed by atoms with Crippen LogP contribution in [0.3, 0.4) is 0 Å². The van der Waals surface area contributed by atoms with Crippen LogP contribution in [0.1, 0.15) is 11.4 Å². The van der Waals surface area contributed by atoms with Gasteiger partial charge in [-0.2, -0.15) is 0 Å². The molecule has 0 aromatic carbocycles. The van der Waals surface area contributed by atoms with Gasteiger partial charge in [-0.25, -0.2) is 9.97 Å². The third-order valence-electron chi connectivity index (χ3n) is 1.88. The van der Waals surface area contributed by atoms with E-state index in [9.17, 15) is 9.13 Å².